The molecule has 9 heteroatoms. The number of phenolic OH excluding ortho intramolecular Hbond substituents is 1. The minimum Gasteiger partial charge on any atom is -0.508 e. The van der Waals surface area contributed by atoms with E-state index in [-0.39, 0.29) is 24.2 Å². The molecule has 0 aliphatic carbocycles. The van der Waals surface area contributed by atoms with Crippen molar-refractivity contribution in [3.05, 3.63) is 29.3 Å². The van der Waals surface area contributed by atoms with E-state index in [2.05, 4.69) is 17.6 Å². The number of hydrogen-bond donors (Lipinski definition) is 4. The van der Waals surface area contributed by atoms with Crippen LogP contribution in [0, 0.1) is 6.92 Å². The van der Waals surface area contributed by atoms with Crippen LogP contribution in [0.1, 0.15) is 104 Å². The van der Waals surface area contributed by atoms with Gasteiger partial charge in [0.05, 0.1) is 6.61 Å². The fourth-order valence-electron chi connectivity index (χ4n) is 4.24. The Morgan fingerprint density at radius 1 is 1.03 bits per heavy atom. The molecule has 0 fully saturated rings. The second-order valence-corrected chi connectivity index (χ2v) is 11.0. The molecule has 38 heavy (non-hydrogen) atoms. The van der Waals surface area contributed by atoms with Crippen LogP contribution in [0.15, 0.2) is 18.2 Å². The van der Waals surface area contributed by atoms with Gasteiger partial charge >= 0.3 is 6.09 Å². The molecule has 0 aliphatic rings. The number of alkyl carbamates (subject to hydrolysis) is 1. The number of rotatable bonds is 15. The number of benzene rings is 1. The van der Waals surface area contributed by atoms with Crippen molar-refractivity contribution >= 4 is 17.9 Å². The van der Waals surface area contributed by atoms with Gasteiger partial charge in [-0.25, -0.2) is 4.79 Å². The van der Waals surface area contributed by atoms with Crippen LogP contribution in [0.5, 0.6) is 5.75 Å². The zero-order valence-corrected chi connectivity index (χ0v) is 24.3. The molecule has 9 nitrogen and oxygen atoms in total. The van der Waals surface area contributed by atoms with Gasteiger partial charge in [-0.3, -0.25) is 9.59 Å². The maximum absolute atomic E-state index is 13.8. The molecule has 4 N–H and O–H groups in total. The topological polar surface area (TPSA) is 128 Å². The van der Waals surface area contributed by atoms with Crippen LogP contribution in [0.2, 0.25) is 0 Å². The second kappa shape index (κ2) is 16.2. The number of aliphatic hydroxyl groups is 1. The first-order chi connectivity index (χ1) is 17.8. The minimum atomic E-state index is -1.29. The number of aromatic hydroxyl groups is 1. The SMILES string of the molecule is CCCCCCCN(C(=O)C(CO)NC(=O)OC(C)(C)C)C(C(=O)NC(C)CCC)c1ccc(O)c(C)c1. The summed E-state index contributed by atoms with van der Waals surface area (Å²) in [5.74, 6) is -0.848. The monoisotopic (exact) mass is 535 g/mol. The van der Waals surface area contributed by atoms with Crippen molar-refractivity contribution in [3.8, 4) is 5.75 Å². The first-order valence-electron chi connectivity index (χ1n) is 13.8. The predicted octanol–water partition coefficient (Wildman–Crippen LogP) is 4.73. The molecule has 0 heterocycles. The summed E-state index contributed by atoms with van der Waals surface area (Å²) < 4.78 is 5.29. The summed E-state index contributed by atoms with van der Waals surface area (Å²) in [6, 6.07) is 2.42. The van der Waals surface area contributed by atoms with Crippen molar-refractivity contribution in [2.24, 2.45) is 0 Å². The summed E-state index contributed by atoms with van der Waals surface area (Å²) >= 11 is 0. The second-order valence-electron chi connectivity index (χ2n) is 11.0. The number of aliphatic hydroxyl groups excluding tert-OH is 1. The molecule has 216 valence electrons. The lowest BCUT2D eigenvalue weighted by Crippen LogP contribution is -2.55. The van der Waals surface area contributed by atoms with E-state index < -0.39 is 36.3 Å². The molecular formula is C29H49N3O6. The summed E-state index contributed by atoms with van der Waals surface area (Å²) in [5, 5.41) is 25.6. The van der Waals surface area contributed by atoms with Gasteiger partial charge < -0.3 is 30.5 Å². The highest BCUT2D eigenvalue weighted by Gasteiger charge is 2.36. The molecule has 1 aromatic carbocycles. The number of hydrogen-bond acceptors (Lipinski definition) is 6. The van der Waals surface area contributed by atoms with Gasteiger partial charge in [0.2, 0.25) is 11.8 Å². The van der Waals surface area contributed by atoms with E-state index in [1.807, 2.05) is 13.8 Å². The molecule has 3 atom stereocenters. The van der Waals surface area contributed by atoms with Gasteiger partial charge in [-0.05, 0) is 70.7 Å². The van der Waals surface area contributed by atoms with Crippen molar-refractivity contribution in [1.82, 2.24) is 15.5 Å². The van der Waals surface area contributed by atoms with Gasteiger partial charge in [-0.2, -0.15) is 0 Å². The van der Waals surface area contributed by atoms with E-state index in [0.29, 0.717) is 17.5 Å². The summed E-state index contributed by atoms with van der Waals surface area (Å²) in [6.07, 6.45) is 5.50. The third-order valence-electron chi connectivity index (χ3n) is 6.16. The lowest BCUT2D eigenvalue weighted by molar-refractivity contribution is -0.143. The molecule has 1 rings (SSSR count). The van der Waals surface area contributed by atoms with Crippen LogP contribution in [-0.4, -0.2) is 63.9 Å². The number of nitrogens with one attached hydrogen (secondary N) is 2. The van der Waals surface area contributed by atoms with E-state index in [0.717, 1.165) is 38.5 Å². The zero-order chi connectivity index (χ0) is 28.9. The number of carbonyl (C=O) groups is 3. The Bertz CT molecular complexity index is 899. The van der Waals surface area contributed by atoms with Gasteiger partial charge in [0, 0.05) is 12.6 Å². The van der Waals surface area contributed by atoms with Crippen molar-refractivity contribution in [2.75, 3.05) is 13.2 Å². The third-order valence-corrected chi connectivity index (χ3v) is 6.16. The lowest BCUT2D eigenvalue weighted by Gasteiger charge is -2.35. The van der Waals surface area contributed by atoms with Crippen LogP contribution < -0.4 is 10.6 Å². The molecular weight excluding hydrogens is 486 g/mol. The number of amides is 3. The largest absolute Gasteiger partial charge is 0.508 e. The molecule has 3 unspecified atom stereocenters. The van der Waals surface area contributed by atoms with E-state index >= 15 is 0 Å². The smallest absolute Gasteiger partial charge is 0.408 e. The average Bonchev–Trinajstić information content (AvgIpc) is 2.82. The fourth-order valence-corrected chi connectivity index (χ4v) is 4.24. The van der Waals surface area contributed by atoms with Gasteiger partial charge in [0.15, 0.2) is 0 Å². The highest BCUT2D eigenvalue weighted by molar-refractivity contribution is 5.92. The third kappa shape index (κ3) is 11.3. The van der Waals surface area contributed by atoms with Crippen LogP contribution in [0.4, 0.5) is 4.79 Å². The number of aryl methyl sites for hydroxylation is 1. The Balaban J connectivity index is 3.43. The van der Waals surface area contributed by atoms with E-state index in [1.165, 1.54) is 11.0 Å². The Kier molecular flexibility index (Phi) is 14.2. The quantitative estimate of drug-likeness (QED) is 0.240. The maximum Gasteiger partial charge on any atom is 0.408 e. The molecule has 0 spiro atoms. The van der Waals surface area contributed by atoms with Crippen molar-refractivity contribution in [1.29, 1.82) is 0 Å². The van der Waals surface area contributed by atoms with Crippen LogP contribution in [0.25, 0.3) is 0 Å². The molecule has 0 aliphatic heterocycles. The lowest BCUT2D eigenvalue weighted by atomic mass is 9.99. The first-order valence-corrected chi connectivity index (χ1v) is 13.8. The van der Waals surface area contributed by atoms with Crippen molar-refractivity contribution < 1.29 is 29.3 Å². The zero-order valence-electron chi connectivity index (χ0n) is 24.3. The minimum absolute atomic E-state index is 0.0875. The Morgan fingerprint density at radius 3 is 2.24 bits per heavy atom. The summed E-state index contributed by atoms with van der Waals surface area (Å²) in [5.41, 5.74) is 0.327. The number of ether oxygens (including phenoxy) is 1. The number of unbranched alkanes of at least 4 members (excludes halogenated alkanes) is 4. The molecule has 0 radical (unpaired) electrons. The Hall–Kier alpha value is -2.81. The predicted molar refractivity (Wildman–Crippen MR) is 149 cm³/mol. The molecule has 0 saturated heterocycles. The number of nitrogens with zero attached hydrogens (tertiary/aromatic N) is 1. The summed E-state index contributed by atoms with van der Waals surface area (Å²) in [4.78, 5) is 41.4. The van der Waals surface area contributed by atoms with E-state index in [1.54, 1.807) is 39.8 Å². The number of phenols is 1. The average molecular weight is 536 g/mol. The van der Waals surface area contributed by atoms with Crippen LogP contribution in [0.3, 0.4) is 0 Å². The maximum atomic E-state index is 13.8. The molecule has 0 aromatic heterocycles. The standard InChI is InChI=1S/C29H49N3O6/c1-8-10-11-12-13-17-32(27(36)23(19-33)31-28(37)38-29(5,6)7)25(26(35)30-21(4)14-9-2)22-15-16-24(34)20(3)18-22/h15-16,18,21,23,25,33-34H,8-14,17,19H2,1-7H3,(H,30,35)(H,31,37). The number of carbonyl (C=O) groups excluding carboxylic acids is 3. The Morgan fingerprint density at radius 2 is 1.68 bits per heavy atom. The normalized spacial score (nSPS) is 13.8. The first kappa shape index (κ1) is 33.2. The van der Waals surface area contributed by atoms with Crippen molar-refractivity contribution in [3.63, 3.8) is 0 Å². The highest BCUT2D eigenvalue weighted by atomic mass is 16.6. The van der Waals surface area contributed by atoms with Gasteiger partial charge in [-0.15, -0.1) is 0 Å². The molecule has 1 aromatic rings. The van der Waals surface area contributed by atoms with E-state index in [4.69, 9.17) is 4.74 Å². The highest BCUT2D eigenvalue weighted by Crippen LogP contribution is 2.28. The molecule has 3 amide bonds. The van der Waals surface area contributed by atoms with Gasteiger partial charge in [0.25, 0.3) is 0 Å². The fraction of sp³-hybridized carbons (Fsp3) is 0.690. The van der Waals surface area contributed by atoms with Crippen molar-refractivity contribution in [2.45, 2.75) is 117 Å². The molecule has 0 bridgehead atoms. The molecule has 0 saturated carbocycles. The van der Waals surface area contributed by atoms with Gasteiger partial charge in [-0.1, -0.05) is 52.0 Å². The van der Waals surface area contributed by atoms with E-state index in [9.17, 15) is 24.6 Å². The Labute approximate surface area is 228 Å². The van der Waals surface area contributed by atoms with Crippen LogP contribution >= 0.6 is 0 Å². The van der Waals surface area contributed by atoms with Crippen LogP contribution in [-0.2, 0) is 14.3 Å². The summed E-state index contributed by atoms with van der Waals surface area (Å²) in [7, 11) is 0. The summed E-state index contributed by atoms with van der Waals surface area (Å²) in [6.45, 7) is 12.5. The van der Waals surface area contributed by atoms with Gasteiger partial charge in [0.1, 0.15) is 23.4 Å².